The predicted octanol–water partition coefficient (Wildman–Crippen LogP) is 5.87. The number of aromatic nitrogens is 1. The number of alkyl halides is 3. The van der Waals surface area contributed by atoms with E-state index < -0.39 is 23.2 Å². The van der Waals surface area contributed by atoms with Gasteiger partial charge in [-0.2, -0.15) is 13.2 Å². The van der Waals surface area contributed by atoms with Crippen molar-refractivity contribution in [2.24, 2.45) is 0 Å². The third-order valence-corrected chi connectivity index (χ3v) is 6.62. The van der Waals surface area contributed by atoms with Gasteiger partial charge >= 0.3 is 6.18 Å². The lowest BCUT2D eigenvalue weighted by Gasteiger charge is -2.34. The number of carbonyl (C=O) groups excluding carboxylic acids is 1. The molecule has 4 rings (SSSR count). The second-order valence-electron chi connectivity index (χ2n) is 7.64. The zero-order chi connectivity index (χ0) is 21.0. The van der Waals surface area contributed by atoms with Crippen molar-refractivity contribution in [3.05, 3.63) is 70.2 Å². The number of amides is 1. The molecule has 0 fully saturated rings. The van der Waals surface area contributed by atoms with E-state index in [1.54, 1.807) is 11.8 Å². The number of carbonyl (C=O) groups is 1. The van der Waals surface area contributed by atoms with Crippen molar-refractivity contribution in [2.45, 2.75) is 32.5 Å². The van der Waals surface area contributed by atoms with Crippen LogP contribution in [0.3, 0.4) is 0 Å². The van der Waals surface area contributed by atoms with Gasteiger partial charge in [0.15, 0.2) is 0 Å². The summed E-state index contributed by atoms with van der Waals surface area (Å²) in [7, 11) is 0. The molecule has 0 aliphatic carbocycles. The molecule has 29 heavy (non-hydrogen) atoms. The van der Waals surface area contributed by atoms with Gasteiger partial charge in [0.25, 0.3) is 5.91 Å². The van der Waals surface area contributed by atoms with Gasteiger partial charge < -0.3 is 4.90 Å². The van der Waals surface area contributed by atoms with Crippen molar-refractivity contribution < 1.29 is 18.0 Å². The number of fused-ring (bicyclic) bond motifs is 1. The van der Waals surface area contributed by atoms with Gasteiger partial charge in [-0.1, -0.05) is 30.3 Å². The molecular formula is C22H19F3N2OS. The van der Waals surface area contributed by atoms with E-state index in [-0.39, 0.29) is 17.7 Å². The van der Waals surface area contributed by atoms with E-state index in [1.165, 1.54) is 29.5 Å². The maximum Gasteiger partial charge on any atom is 0.417 e. The number of halogens is 3. The van der Waals surface area contributed by atoms with E-state index in [9.17, 15) is 18.0 Å². The molecular weight excluding hydrogens is 397 g/mol. The monoisotopic (exact) mass is 416 g/mol. The van der Waals surface area contributed by atoms with Crippen LogP contribution in [-0.4, -0.2) is 22.3 Å². The van der Waals surface area contributed by atoms with Crippen molar-refractivity contribution in [2.75, 3.05) is 6.54 Å². The Balaban J connectivity index is 1.74. The Morgan fingerprint density at radius 2 is 1.69 bits per heavy atom. The van der Waals surface area contributed by atoms with Crippen LogP contribution in [0.15, 0.2) is 54.1 Å². The van der Waals surface area contributed by atoms with Crippen LogP contribution in [0.2, 0.25) is 0 Å². The molecule has 0 saturated heterocycles. The smallest absolute Gasteiger partial charge is 0.323 e. The van der Waals surface area contributed by atoms with Crippen LogP contribution in [0.1, 0.15) is 36.9 Å². The Morgan fingerprint density at radius 1 is 1.03 bits per heavy atom. The summed E-state index contributed by atoms with van der Waals surface area (Å²) in [5.74, 6) is -0.400. The summed E-state index contributed by atoms with van der Waals surface area (Å²) < 4.78 is 41.6. The Kier molecular flexibility index (Phi) is 4.53. The highest BCUT2D eigenvalue weighted by atomic mass is 32.1. The van der Waals surface area contributed by atoms with E-state index in [1.807, 2.05) is 38.1 Å². The number of nitrogens with zero attached hydrogens (tertiary/aromatic N) is 2. The van der Waals surface area contributed by atoms with Crippen molar-refractivity contribution in [3.63, 3.8) is 0 Å². The predicted molar refractivity (Wildman–Crippen MR) is 108 cm³/mol. The summed E-state index contributed by atoms with van der Waals surface area (Å²) >= 11 is 1.50. The molecule has 0 saturated carbocycles. The Hall–Kier alpha value is -2.67. The van der Waals surface area contributed by atoms with E-state index in [0.717, 1.165) is 21.3 Å². The van der Waals surface area contributed by atoms with Crippen LogP contribution in [0.25, 0.3) is 15.8 Å². The van der Waals surface area contributed by atoms with E-state index in [4.69, 9.17) is 0 Å². The summed E-state index contributed by atoms with van der Waals surface area (Å²) in [6.45, 7) is 5.75. The minimum absolute atomic E-state index is 0.0647. The summed E-state index contributed by atoms with van der Waals surface area (Å²) in [5.41, 5.74) is -0.00304. The maximum absolute atomic E-state index is 13.5. The molecule has 1 aromatic heterocycles. The largest absolute Gasteiger partial charge is 0.417 e. The first-order valence-corrected chi connectivity index (χ1v) is 9.96. The average molecular weight is 416 g/mol. The number of benzene rings is 2. The molecule has 3 aromatic rings. The van der Waals surface area contributed by atoms with Gasteiger partial charge in [0.1, 0.15) is 5.01 Å². The highest BCUT2D eigenvalue weighted by Crippen LogP contribution is 2.42. The fourth-order valence-electron chi connectivity index (χ4n) is 3.70. The molecule has 7 heteroatoms. The SMILES string of the molecule is CC1=C(c2ccccc2C(F)(F)F)C(=O)N(C(C)(C)c2nc3ccccc3s2)C1. The Morgan fingerprint density at radius 3 is 2.38 bits per heavy atom. The average Bonchev–Trinajstić information content (AvgIpc) is 3.22. The number of para-hydroxylation sites is 1. The summed E-state index contributed by atoms with van der Waals surface area (Å²) in [6.07, 6.45) is -4.53. The number of thiazole rings is 1. The van der Waals surface area contributed by atoms with Crippen LogP contribution in [0, 0.1) is 0 Å². The first-order chi connectivity index (χ1) is 13.6. The number of hydrogen-bond donors (Lipinski definition) is 0. The van der Waals surface area contributed by atoms with Gasteiger partial charge in [-0.05, 0) is 50.1 Å². The lowest BCUT2D eigenvalue weighted by molar-refractivity contribution is -0.137. The Bertz CT molecular complexity index is 1110. The van der Waals surface area contributed by atoms with Crippen LogP contribution in [0.4, 0.5) is 13.2 Å². The first-order valence-electron chi connectivity index (χ1n) is 9.15. The molecule has 1 aliphatic heterocycles. The van der Waals surface area contributed by atoms with Gasteiger partial charge in [0, 0.05) is 12.1 Å². The molecule has 2 aromatic carbocycles. The van der Waals surface area contributed by atoms with Crippen LogP contribution >= 0.6 is 11.3 Å². The zero-order valence-corrected chi connectivity index (χ0v) is 17.0. The standard InChI is InChI=1S/C22H19F3N2OS/c1-13-12-27(21(2,3)20-26-16-10-6-7-11-17(16)29-20)19(28)18(13)14-8-4-5-9-15(14)22(23,24)25/h4-11H,12H2,1-3H3. The second kappa shape index (κ2) is 6.69. The van der Waals surface area contributed by atoms with Gasteiger partial charge in [-0.25, -0.2) is 4.98 Å². The fourth-order valence-corrected chi connectivity index (χ4v) is 4.78. The van der Waals surface area contributed by atoms with Crippen molar-refractivity contribution in [1.29, 1.82) is 0 Å². The third kappa shape index (κ3) is 3.23. The van der Waals surface area contributed by atoms with Gasteiger partial charge in [0.2, 0.25) is 0 Å². The molecule has 0 bridgehead atoms. The quantitative estimate of drug-likeness (QED) is 0.535. The van der Waals surface area contributed by atoms with Crippen molar-refractivity contribution in [1.82, 2.24) is 9.88 Å². The molecule has 1 aliphatic rings. The number of hydrogen-bond acceptors (Lipinski definition) is 3. The second-order valence-corrected chi connectivity index (χ2v) is 8.67. The van der Waals surface area contributed by atoms with Gasteiger partial charge in [0.05, 0.1) is 21.3 Å². The van der Waals surface area contributed by atoms with E-state index in [0.29, 0.717) is 5.57 Å². The van der Waals surface area contributed by atoms with Gasteiger partial charge in [-0.3, -0.25) is 4.79 Å². The minimum Gasteiger partial charge on any atom is -0.323 e. The number of rotatable bonds is 3. The molecule has 150 valence electrons. The normalized spacial score (nSPS) is 15.7. The molecule has 0 N–H and O–H groups in total. The molecule has 0 spiro atoms. The lowest BCUT2D eigenvalue weighted by atomic mass is 9.96. The molecule has 1 amide bonds. The van der Waals surface area contributed by atoms with E-state index >= 15 is 0 Å². The maximum atomic E-state index is 13.5. The first kappa shape index (κ1) is 19.6. The lowest BCUT2D eigenvalue weighted by Crippen LogP contribution is -2.43. The highest BCUT2D eigenvalue weighted by Gasteiger charge is 2.43. The molecule has 2 heterocycles. The molecule has 0 radical (unpaired) electrons. The van der Waals surface area contributed by atoms with Crippen LogP contribution in [0.5, 0.6) is 0 Å². The summed E-state index contributed by atoms with van der Waals surface area (Å²) in [5, 5.41) is 0.755. The van der Waals surface area contributed by atoms with E-state index in [2.05, 4.69) is 4.98 Å². The molecule has 0 unspecified atom stereocenters. The topological polar surface area (TPSA) is 33.2 Å². The highest BCUT2D eigenvalue weighted by molar-refractivity contribution is 7.18. The molecule has 3 nitrogen and oxygen atoms in total. The summed E-state index contributed by atoms with van der Waals surface area (Å²) in [4.78, 5) is 19.6. The van der Waals surface area contributed by atoms with Crippen LogP contribution < -0.4 is 0 Å². The summed E-state index contributed by atoms with van der Waals surface area (Å²) in [6, 6.07) is 13.0. The van der Waals surface area contributed by atoms with Crippen molar-refractivity contribution in [3.8, 4) is 0 Å². The minimum atomic E-state index is -4.53. The van der Waals surface area contributed by atoms with Gasteiger partial charge in [-0.15, -0.1) is 11.3 Å². The fraction of sp³-hybridized carbons (Fsp3) is 0.273. The Labute approximate surface area is 170 Å². The van der Waals surface area contributed by atoms with Crippen molar-refractivity contribution >= 4 is 33.0 Å². The molecule has 0 atom stereocenters. The van der Waals surface area contributed by atoms with Crippen LogP contribution in [-0.2, 0) is 16.5 Å². The zero-order valence-electron chi connectivity index (χ0n) is 16.2. The third-order valence-electron chi connectivity index (χ3n) is 5.27.